The minimum atomic E-state index is -0.180. The van der Waals surface area contributed by atoms with Gasteiger partial charge in [-0.1, -0.05) is 0 Å². The molecule has 0 aliphatic heterocycles. The van der Waals surface area contributed by atoms with Gasteiger partial charge in [0.1, 0.15) is 5.03 Å². The van der Waals surface area contributed by atoms with Crippen LogP contribution in [0.2, 0.25) is 0 Å². The Hall–Kier alpha value is -2.00. The van der Waals surface area contributed by atoms with Gasteiger partial charge in [-0.15, -0.1) is 33.3 Å². The van der Waals surface area contributed by atoms with E-state index in [1.807, 2.05) is 5.38 Å². The van der Waals surface area contributed by atoms with Crippen LogP contribution >= 0.6 is 23.1 Å². The predicted octanol–water partition coefficient (Wildman–Crippen LogP) is 2.40. The Balaban J connectivity index is 1.65. The molecule has 7 nitrogen and oxygen atoms in total. The van der Waals surface area contributed by atoms with Gasteiger partial charge in [-0.3, -0.25) is 9.59 Å². The summed E-state index contributed by atoms with van der Waals surface area (Å²) in [7, 11) is 0. The molecule has 116 valence electrons. The Morgan fingerprint density at radius 2 is 2.14 bits per heavy atom. The zero-order valence-electron chi connectivity index (χ0n) is 11.9. The van der Waals surface area contributed by atoms with Crippen LogP contribution in [0, 0.1) is 0 Å². The fraction of sp³-hybridized carbons (Fsp3) is 0.308. The minimum absolute atomic E-state index is 0.0392. The molecule has 0 unspecified atom stereocenters. The molecule has 0 spiro atoms. The van der Waals surface area contributed by atoms with E-state index in [1.165, 1.54) is 30.0 Å². The largest absolute Gasteiger partial charge is 0.309 e. The summed E-state index contributed by atoms with van der Waals surface area (Å²) in [6, 6.07) is 3.49. The number of thioether (sulfide) groups is 1. The number of amides is 2. The van der Waals surface area contributed by atoms with Gasteiger partial charge in [0.05, 0.1) is 0 Å². The first-order valence-corrected chi connectivity index (χ1v) is 8.43. The smallest absolute Gasteiger partial charge is 0.226 e. The zero-order valence-corrected chi connectivity index (χ0v) is 13.5. The molecule has 22 heavy (non-hydrogen) atoms. The van der Waals surface area contributed by atoms with E-state index < -0.39 is 0 Å². The summed E-state index contributed by atoms with van der Waals surface area (Å²) in [6.07, 6.45) is 2.82. The summed E-state index contributed by atoms with van der Waals surface area (Å²) in [4.78, 5) is 26.5. The van der Waals surface area contributed by atoms with Gasteiger partial charge in [0.25, 0.3) is 0 Å². The van der Waals surface area contributed by atoms with Crippen LogP contribution in [0.5, 0.6) is 0 Å². The Kier molecular flexibility index (Phi) is 6.28. The van der Waals surface area contributed by atoms with Crippen molar-refractivity contribution >= 4 is 45.9 Å². The van der Waals surface area contributed by atoms with Crippen LogP contribution in [0.15, 0.2) is 28.7 Å². The highest BCUT2D eigenvalue weighted by Crippen LogP contribution is 2.17. The molecular formula is C13H15N5O2S2. The number of anilines is 2. The quantitative estimate of drug-likeness (QED) is 0.595. The Labute approximate surface area is 135 Å². The summed E-state index contributed by atoms with van der Waals surface area (Å²) in [5.41, 5.74) is 0. The van der Waals surface area contributed by atoms with Gasteiger partial charge in [0, 0.05) is 30.7 Å². The number of nitrogens with zero attached hydrogens (tertiary/aromatic N) is 3. The highest BCUT2D eigenvalue weighted by atomic mass is 32.2. The summed E-state index contributed by atoms with van der Waals surface area (Å²) >= 11 is 2.91. The third kappa shape index (κ3) is 5.78. The van der Waals surface area contributed by atoms with Crippen molar-refractivity contribution in [2.45, 2.75) is 24.8 Å². The minimum Gasteiger partial charge on any atom is -0.309 e. The fourth-order valence-corrected chi connectivity index (χ4v) is 2.83. The number of rotatable bonds is 7. The number of hydrogen-bond acceptors (Lipinski definition) is 7. The molecular weight excluding hydrogens is 322 g/mol. The van der Waals surface area contributed by atoms with Crippen molar-refractivity contribution in [3.63, 3.8) is 0 Å². The Bertz CT molecular complexity index is 616. The SMILES string of the molecule is CC(=O)Nc1ccc(SCCCC(=O)Nc2nccs2)nn1. The second kappa shape index (κ2) is 8.44. The molecule has 0 bridgehead atoms. The number of hydrogen-bond donors (Lipinski definition) is 2. The van der Waals surface area contributed by atoms with Gasteiger partial charge in [0.2, 0.25) is 11.8 Å². The van der Waals surface area contributed by atoms with Crippen molar-refractivity contribution in [1.29, 1.82) is 0 Å². The third-order valence-electron chi connectivity index (χ3n) is 2.42. The topological polar surface area (TPSA) is 96.9 Å². The van der Waals surface area contributed by atoms with Crippen molar-refractivity contribution in [1.82, 2.24) is 15.2 Å². The standard InChI is InChI=1S/C13H15N5O2S2/c1-9(19)15-10-4-5-12(18-17-10)21-7-2-3-11(20)16-13-14-6-8-22-13/h4-6,8H,2-3,7H2,1H3,(H,14,16,20)(H,15,17,19). The van der Waals surface area contributed by atoms with Gasteiger partial charge in [-0.05, 0) is 18.6 Å². The average Bonchev–Trinajstić information content (AvgIpc) is 2.97. The summed E-state index contributed by atoms with van der Waals surface area (Å²) < 4.78 is 0. The van der Waals surface area contributed by atoms with E-state index in [-0.39, 0.29) is 11.8 Å². The second-order valence-electron chi connectivity index (χ2n) is 4.28. The number of carbonyl (C=O) groups excluding carboxylic acids is 2. The van der Waals surface area contributed by atoms with Crippen molar-refractivity contribution in [2.24, 2.45) is 0 Å². The predicted molar refractivity (Wildman–Crippen MR) is 87.0 cm³/mol. The third-order valence-corrected chi connectivity index (χ3v) is 4.12. The number of aromatic nitrogens is 3. The van der Waals surface area contributed by atoms with E-state index in [0.29, 0.717) is 17.4 Å². The molecule has 2 amide bonds. The lowest BCUT2D eigenvalue weighted by Gasteiger charge is -2.03. The molecule has 0 atom stereocenters. The lowest BCUT2D eigenvalue weighted by molar-refractivity contribution is -0.116. The lowest BCUT2D eigenvalue weighted by Crippen LogP contribution is -2.11. The molecule has 2 aromatic rings. The van der Waals surface area contributed by atoms with Gasteiger partial charge in [0.15, 0.2) is 10.9 Å². The van der Waals surface area contributed by atoms with Crippen molar-refractivity contribution in [2.75, 3.05) is 16.4 Å². The Morgan fingerprint density at radius 1 is 1.27 bits per heavy atom. The van der Waals surface area contributed by atoms with E-state index >= 15 is 0 Å². The molecule has 0 aliphatic rings. The molecule has 9 heteroatoms. The normalized spacial score (nSPS) is 10.2. The first-order valence-electron chi connectivity index (χ1n) is 6.57. The van der Waals surface area contributed by atoms with E-state index in [0.717, 1.165) is 17.2 Å². The van der Waals surface area contributed by atoms with Crippen LogP contribution in [0.25, 0.3) is 0 Å². The van der Waals surface area contributed by atoms with E-state index in [9.17, 15) is 9.59 Å². The van der Waals surface area contributed by atoms with E-state index in [4.69, 9.17) is 0 Å². The maximum Gasteiger partial charge on any atom is 0.226 e. The number of carbonyl (C=O) groups is 2. The van der Waals surface area contributed by atoms with E-state index in [1.54, 1.807) is 18.3 Å². The lowest BCUT2D eigenvalue weighted by atomic mass is 10.3. The number of nitrogens with one attached hydrogen (secondary N) is 2. The molecule has 2 rings (SSSR count). The molecule has 0 aromatic carbocycles. The van der Waals surface area contributed by atoms with Crippen LogP contribution in [0.3, 0.4) is 0 Å². The molecule has 0 saturated carbocycles. The second-order valence-corrected chi connectivity index (χ2v) is 6.29. The van der Waals surface area contributed by atoms with Gasteiger partial charge >= 0.3 is 0 Å². The van der Waals surface area contributed by atoms with Gasteiger partial charge in [-0.25, -0.2) is 4.98 Å². The molecule has 0 aliphatic carbocycles. The first kappa shape index (κ1) is 16.4. The molecule has 0 saturated heterocycles. The summed E-state index contributed by atoms with van der Waals surface area (Å²) in [5.74, 6) is 0.975. The molecule has 2 heterocycles. The van der Waals surface area contributed by atoms with Crippen LogP contribution in [0.4, 0.5) is 10.9 Å². The number of thiazole rings is 1. The van der Waals surface area contributed by atoms with Gasteiger partial charge < -0.3 is 10.6 Å². The molecule has 2 N–H and O–H groups in total. The maximum atomic E-state index is 11.6. The summed E-state index contributed by atoms with van der Waals surface area (Å²) in [5, 5.41) is 16.4. The highest BCUT2D eigenvalue weighted by Gasteiger charge is 2.05. The monoisotopic (exact) mass is 337 g/mol. The Morgan fingerprint density at radius 3 is 2.77 bits per heavy atom. The molecule has 2 aromatic heterocycles. The van der Waals surface area contributed by atoms with Crippen molar-refractivity contribution < 1.29 is 9.59 Å². The van der Waals surface area contributed by atoms with Crippen LogP contribution in [-0.4, -0.2) is 32.7 Å². The fourth-order valence-electron chi connectivity index (χ4n) is 1.52. The molecule has 0 radical (unpaired) electrons. The van der Waals surface area contributed by atoms with Gasteiger partial charge in [-0.2, -0.15) is 0 Å². The zero-order chi connectivity index (χ0) is 15.8. The average molecular weight is 337 g/mol. The van der Waals surface area contributed by atoms with E-state index in [2.05, 4.69) is 25.8 Å². The first-order chi connectivity index (χ1) is 10.6. The van der Waals surface area contributed by atoms with Crippen LogP contribution in [0.1, 0.15) is 19.8 Å². The summed E-state index contributed by atoms with van der Waals surface area (Å²) in [6.45, 7) is 1.42. The molecule has 0 fully saturated rings. The van der Waals surface area contributed by atoms with Crippen molar-refractivity contribution in [3.8, 4) is 0 Å². The van der Waals surface area contributed by atoms with Crippen molar-refractivity contribution in [3.05, 3.63) is 23.7 Å². The highest BCUT2D eigenvalue weighted by molar-refractivity contribution is 7.99. The van der Waals surface area contributed by atoms with Crippen LogP contribution < -0.4 is 10.6 Å². The van der Waals surface area contributed by atoms with Crippen LogP contribution in [-0.2, 0) is 9.59 Å². The maximum absolute atomic E-state index is 11.6.